The molecule has 2 atom stereocenters. The summed E-state index contributed by atoms with van der Waals surface area (Å²) in [6.45, 7) is 5.98. The second kappa shape index (κ2) is 5.43. The first-order chi connectivity index (χ1) is 8.99. The molecule has 2 amide bonds. The van der Waals surface area contributed by atoms with E-state index in [-0.39, 0.29) is 24.3 Å². The van der Waals surface area contributed by atoms with Crippen LogP contribution in [0.15, 0.2) is 18.2 Å². The van der Waals surface area contributed by atoms with Crippen molar-refractivity contribution in [3.63, 3.8) is 0 Å². The lowest BCUT2D eigenvalue weighted by Gasteiger charge is -2.11. The van der Waals surface area contributed by atoms with Gasteiger partial charge in [0, 0.05) is 11.6 Å². The molecule has 2 rings (SSSR count). The summed E-state index contributed by atoms with van der Waals surface area (Å²) in [6.07, 6.45) is 0.935. The van der Waals surface area contributed by atoms with Crippen LogP contribution < -0.4 is 10.6 Å². The van der Waals surface area contributed by atoms with Gasteiger partial charge in [0.05, 0.1) is 6.54 Å². The summed E-state index contributed by atoms with van der Waals surface area (Å²) in [5.41, 5.74) is 2.88. The Labute approximate surface area is 113 Å². The summed E-state index contributed by atoms with van der Waals surface area (Å²) >= 11 is 0. The van der Waals surface area contributed by atoms with Gasteiger partial charge in [-0.2, -0.15) is 0 Å². The van der Waals surface area contributed by atoms with Crippen LogP contribution in [0.1, 0.15) is 24.5 Å². The van der Waals surface area contributed by atoms with Gasteiger partial charge in [-0.05, 0) is 37.3 Å². The molecule has 0 unspecified atom stereocenters. The summed E-state index contributed by atoms with van der Waals surface area (Å²) in [4.78, 5) is 23.4. The van der Waals surface area contributed by atoms with Crippen LogP contribution in [0.4, 0.5) is 5.69 Å². The van der Waals surface area contributed by atoms with E-state index >= 15 is 0 Å². The van der Waals surface area contributed by atoms with Gasteiger partial charge in [0.25, 0.3) is 0 Å². The highest BCUT2D eigenvalue weighted by Crippen LogP contribution is 2.37. The van der Waals surface area contributed by atoms with Crippen molar-refractivity contribution in [2.75, 3.05) is 11.9 Å². The second-order valence-corrected chi connectivity index (χ2v) is 5.35. The van der Waals surface area contributed by atoms with Crippen molar-refractivity contribution in [1.82, 2.24) is 5.32 Å². The molecule has 0 aromatic heterocycles. The topological polar surface area (TPSA) is 58.2 Å². The first-order valence-electron chi connectivity index (χ1n) is 6.63. The highest BCUT2D eigenvalue weighted by molar-refractivity contribution is 5.96. The quantitative estimate of drug-likeness (QED) is 0.870. The smallest absolute Gasteiger partial charge is 0.243 e. The molecule has 19 heavy (non-hydrogen) atoms. The number of benzene rings is 1. The number of aryl methyl sites for hydroxylation is 2. The van der Waals surface area contributed by atoms with Crippen molar-refractivity contribution in [3.8, 4) is 0 Å². The molecule has 4 nitrogen and oxygen atoms in total. The number of nitrogens with one attached hydrogen (secondary N) is 2. The van der Waals surface area contributed by atoms with E-state index in [9.17, 15) is 9.59 Å². The Bertz CT molecular complexity index is 491. The van der Waals surface area contributed by atoms with Crippen molar-refractivity contribution in [2.24, 2.45) is 11.8 Å². The number of hydrogen-bond acceptors (Lipinski definition) is 2. The minimum Gasteiger partial charge on any atom is -0.347 e. The van der Waals surface area contributed by atoms with E-state index in [2.05, 4.69) is 10.6 Å². The molecule has 0 spiro atoms. The molecule has 1 aliphatic rings. The predicted octanol–water partition coefficient (Wildman–Crippen LogP) is 2.01. The highest BCUT2D eigenvalue weighted by atomic mass is 16.2. The van der Waals surface area contributed by atoms with Crippen LogP contribution >= 0.6 is 0 Å². The standard InChI is InChI=1S/C15H20N2O2/c1-9-5-4-6-10(2)14(9)17-13(18)8-16-15(19)12-7-11(12)3/h4-6,11-12H,7-8H2,1-3H3,(H,16,19)(H,17,18)/t11-,12-/m1/s1. The zero-order valence-electron chi connectivity index (χ0n) is 11.6. The van der Waals surface area contributed by atoms with Gasteiger partial charge in [0.2, 0.25) is 11.8 Å². The number of carbonyl (C=O) groups excluding carboxylic acids is 2. The molecule has 1 aromatic carbocycles. The number of anilines is 1. The summed E-state index contributed by atoms with van der Waals surface area (Å²) < 4.78 is 0. The maximum absolute atomic E-state index is 11.8. The van der Waals surface area contributed by atoms with Crippen molar-refractivity contribution < 1.29 is 9.59 Å². The molecule has 1 aromatic rings. The molecule has 0 radical (unpaired) electrons. The maximum Gasteiger partial charge on any atom is 0.243 e. The summed E-state index contributed by atoms with van der Waals surface area (Å²) in [7, 11) is 0. The Kier molecular flexibility index (Phi) is 3.88. The van der Waals surface area contributed by atoms with E-state index in [1.807, 2.05) is 39.0 Å². The van der Waals surface area contributed by atoms with E-state index in [4.69, 9.17) is 0 Å². The molecular formula is C15H20N2O2. The monoisotopic (exact) mass is 260 g/mol. The molecule has 102 valence electrons. The Hall–Kier alpha value is -1.84. The molecule has 0 saturated heterocycles. The molecule has 0 aliphatic heterocycles. The molecule has 1 fully saturated rings. The normalized spacial score (nSPS) is 20.8. The van der Waals surface area contributed by atoms with Gasteiger partial charge in [-0.1, -0.05) is 25.1 Å². The summed E-state index contributed by atoms with van der Waals surface area (Å²) in [5.74, 6) is 0.373. The Morgan fingerprint density at radius 3 is 2.37 bits per heavy atom. The Balaban J connectivity index is 1.86. The number of para-hydroxylation sites is 1. The van der Waals surface area contributed by atoms with Gasteiger partial charge in [0.1, 0.15) is 0 Å². The lowest BCUT2D eigenvalue weighted by Crippen LogP contribution is -2.34. The third-order valence-corrected chi connectivity index (χ3v) is 3.61. The largest absolute Gasteiger partial charge is 0.347 e. The van der Waals surface area contributed by atoms with Gasteiger partial charge in [-0.15, -0.1) is 0 Å². The molecule has 0 bridgehead atoms. The summed E-state index contributed by atoms with van der Waals surface area (Å²) in [5, 5.41) is 5.53. The summed E-state index contributed by atoms with van der Waals surface area (Å²) in [6, 6.07) is 5.86. The van der Waals surface area contributed by atoms with Gasteiger partial charge >= 0.3 is 0 Å². The van der Waals surface area contributed by atoms with Crippen LogP contribution in [0, 0.1) is 25.7 Å². The predicted molar refractivity (Wildman–Crippen MR) is 74.8 cm³/mol. The average Bonchev–Trinajstić information content (AvgIpc) is 3.08. The lowest BCUT2D eigenvalue weighted by atomic mass is 10.1. The second-order valence-electron chi connectivity index (χ2n) is 5.35. The molecule has 0 heterocycles. The minimum atomic E-state index is -0.181. The van der Waals surface area contributed by atoms with Gasteiger partial charge in [-0.3, -0.25) is 9.59 Å². The van der Waals surface area contributed by atoms with Crippen LogP contribution in [-0.4, -0.2) is 18.4 Å². The van der Waals surface area contributed by atoms with E-state index in [0.717, 1.165) is 23.2 Å². The Morgan fingerprint density at radius 1 is 1.26 bits per heavy atom. The third kappa shape index (κ3) is 3.34. The van der Waals surface area contributed by atoms with Gasteiger partial charge < -0.3 is 10.6 Å². The van der Waals surface area contributed by atoms with Crippen LogP contribution in [0.25, 0.3) is 0 Å². The zero-order chi connectivity index (χ0) is 14.0. The third-order valence-electron chi connectivity index (χ3n) is 3.61. The fourth-order valence-corrected chi connectivity index (χ4v) is 2.18. The lowest BCUT2D eigenvalue weighted by molar-refractivity contribution is -0.125. The number of hydrogen-bond donors (Lipinski definition) is 2. The Morgan fingerprint density at radius 2 is 1.84 bits per heavy atom. The van der Waals surface area contributed by atoms with Gasteiger partial charge in [-0.25, -0.2) is 0 Å². The molecule has 4 heteroatoms. The minimum absolute atomic E-state index is 0.0100. The van der Waals surface area contributed by atoms with Crippen molar-refractivity contribution in [1.29, 1.82) is 0 Å². The molecule has 1 aliphatic carbocycles. The van der Waals surface area contributed by atoms with Crippen LogP contribution in [0.3, 0.4) is 0 Å². The maximum atomic E-state index is 11.8. The van der Waals surface area contributed by atoms with Crippen LogP contribution in [0.2, 0.25) is 0 Å². The fourth-order valence-electron chi connectivity index (χ4n) is 2.18. The molecular weight excluding hydrogens is 240 g/mol. The average molecular weight is 260 g/mol. The molecule has 2 N–H and O–H groups in total. The first kappa shape index (κ1) is 13.6. The van der Waals surface area contributed by atoms with E-state index in [1.54, 1.807) is 0 Å². The zero-order valence-corrected chi connectivity index (χ0v) is 11.6. The highest BCUT2D eigenvalue weighted by Gasteiger charge is 2.38. The number of rotatable bonds is 4. The number of carbonyl (C=O) groups is 2. The molecule has 1 saturated carbocycles. The van der Waals surface area contributed by atoms with Crippen LogP contribution in [-0.2, 0) is 9.59 Å². The van der Waals surface area contributed by atoms with Crippen molar-refractivity contribution in [3.05, 3.63) is 29.3 Å². The van der Waals surface area contributed by atoms with E-state index in [0.29, 0.717) is 5.92 Å². The number of amides is 2. The van der Waals surface area contributed by atoms with E-state index < -0.39 is 0 Å². The SMILES string of the molecule is Cc1cccc(C)c1NC(=O)CNC(=O)[C@@H]1C[C@H]1C. The van der Waals surface area contributed by atoms with Crippen molar-refractivity contribution in [2.45, 2.75) is 27.2 Å². The first-order valence-corrected chi connectivity index (χ1v) is 6.63. The van der Waals surface area contributed by atoms with E-state index in [1.165, 1.54) is 0 Å². The van der Waals surface area contributed by atoms with Crippen LogP contribution in [0.5, 0.6) is 0 Å². The van der Waals surface area contributed by atoms with Crippen molar-refractivity contribution >= 4 is 17.5 Å². The fraction of sp³-hybridized carbons (Fsp3) is 0.467. The van der Waals surface area contributed by atoms with Gasteiger partial charge in [0.15, 0.2) is 0 Å².